The smallest absolute Gasteiger partial charge is 0.251 e. The molecule has 3 N–H and O–H groups in total. The van der Waals surface area contributed by atoms with Crippen LogP contribution in [0.1, 0.15) is 20.7 Å². The highest BCUT2D eigenvalue weighted by molar-refractivity contribution is 7.80. The van der Waals surface area contributed by atoms with Crippen LogP contribution in [0.15, 0.2) is 18.2 Å². The van der Waals surface area contributed by atoms with Crippen molar-refractivity contribution in [3.8, 4) is 5.75 Å². The fourth-order valence-electron chi connectivity index (χ4n) is 1.42. The number of hydrogen-bond acceptors (Lipinski definition) is 5. The number of rotatable bonds is 6. The normalized spacial score (nSPS) is 10.0. The summed E-state index contributed by atoms with van der Waals surface area (Å²) in [6.07, 6.45) is 0. The third-order valence-corrected chi connectivity index (χ3v) is 2.68. The van der Waals surface area contributed by atoms with Gasteiger partial charge in [-0.3, -0.25) is 9.59 Å². The van der Waals surface area contributed by atoms with Crippen LogP contribution < -0.4 is 10.6 Å². The molecule has 1 aromatic carbocycles. The summed E-state index contributed by atoms with van der Waals surface area (Å²) >= 11 is 7.97. The van der Waals surface area contributed by atoms with Gasteiger partial charge in [0.2, 0.25) is 0 Å². The van der Waals surface area contributed by atoms with Gasteiger partial charge in [-0.1, -0.05) is 0 Å². The van der Waals surface area contributed by atoms with Gasteiger partial charge in [0.25, 0.3) is 11.8 Å². The molecule has 0 radical (unpaired) electrons. The molecule has 19 heavy (non-hydrogen) atoms. The Labute approximate surface area is 122 Å². The molecule has 0 fully saturated rings. The summed E-state index contributed by atoms with van der Waals surface area (Å²) in [7, 11) is 0. The molecule has 0 aromatic heterocycles. The van der Waals surface area contributed by atoms with Crippen LogP contribution in [0.4, 0.5) is 0 Å². The van der Waals surface area contributed by atoms with Crippen LogP contribution in [-0.4, -0.2) is 41.5 Å². The number of amides is 2. The zero-order chi connectivity index (χ0) is 14.3. The van der Waals surface area contributed by atoms with Crippen molar-refractivity contribution in [2.75, 3.05) is 24.6 Å². The lowest BCUT2D eigenvalue weighted by Gasteiger charge is -2.08. The maximum Gasteiger partial charge on any atom is 0.251 e. The Morgan fingerprint density at radius 1 is 0.947 bits per heavy atom. The number of phenolic OH excluding ortho intramolecular Hbond substituents is 1. The Hall–Kier alpha value is -1.34. The van der Waals surface area contributed by atoms with Crippen molar-refractivity contribution in [2.24, 2.45) is 0 Å². The van der Waals surface area contributed by atoms with Gasteiger partial charge >= 0.3 is 0 Å². The van der Waals surface area contributed by atoms with Crippen LogP contribution in [0.25, 0.3) is 0 Å². The van der Waals surface area contributed by atoms with Crippen molar-refractivity contribution in [3.05, 3.63) is 29.3 Å². The van der Waals surface area contributed by atoms with Crippen molar-refractivity contribution in [1.29, 1.82) is 0 Å². The van der Waals surface area contributed by atoms with Crippen LogP contribution in [0, 0.1) is 0 Å². The van der Waals surface area contributed by atoms with Gasteiger partial charge in [0, 0.05) is 35.7 Å². The van der Waals surface area contributed by atoms with Gasteiger partial charge < -0.3 is 15.7 Å². The van der Waals surface area contributed by atoms with Crippen molar-refractivity contribution in [2.45, 2.75) is 0 Å². The van der Waals surface area contributed by atoms with Crippen molar-refractivity contribution >= 4 is 37.1 Å². The van der Waals surface area contributed by atoms with E-state index in [4.69, 9.17) is 0 Å². The van der Waals surface area contributed by atoms with Crippen molar-refractivity contribution in [1.82, 2.24) is 10.6 Å². The van der Waals surface area contributed by atoms with Crippen LogP contribution >= 0.6 is 25.3 Å². The highest BCUT2D eigenvalue weighted by Crippen LogP contribution is 2.15. The topological polar surface area (TPSA) is 78.4 Å². The molecule has 0 heterocycles. The molecular weight excluding hydrogens is 284 g/mol. The minimum atomic E-state index is -0.354. The predicted octanol–water partition coefficient (Wildman–Crippen LogP) is 0.711. The molecule has 0 spiro atoms. The summed E-state index contributed by atoms with van der Waals surface area (Å²) in [6, 6.07) is 4.05. The van der Waals surface area contributed by atoms with Crippen LogP contribution in [0.3, 0.4) is 0 Å². The van der Waals surface area contributed by atoms with E-state index < -0.39 is 0 Å². The molecule has 0 unspecified atom stereocenters. The number of carbonyl (C=O) groups is 2. The molecule has 0 aliphatic carbocycles. The Morgan fingerprint density at radius 3 is 1.74 bits per heavy atom. The molecule has 0 atom stereocenters. The lowest BCUT2D eigenvalue weighted by molar-refractivity contribution is 0.0955. The van der Waals surface area contributed by atoms with Crippen LogP contribution in [-0.2, 0) is 0 Å². The SMILES string of the molecule is O=C(NCCS)c1cc(O)cc(C(=O)NCCS)c1. The van der Waals surface area contributed by atoms with Gasteiger partial charge in [0.05, 0.1) is 0 Å². The predicted molar refractivity (Wildman–Crippen MR) is 80.5 cm³/mol. The number of aromatic hydroxyl groups is 1. The Bertz CT molecular complexity index is 428. The number of benzene rings is 1. The molecular formula is C12H16N2O3S2. The van der Waals surface area contributed by atoms with E-state index in [0.717, 1.165) is 0 Å². The first-order valence-electron chi connectivity index (χ1n) is 5.70. The minimum Gasteiger partial charge on any atom is -0.508 e. The third kappa shape index (κ3) is 5.04. The summed E-state index contributed by atoms with van der Waals surface area (Å²) in [5, 5.41) is 14.8. The van der Waals surface area contributed by atoms with E-state index >= 15 is 0 Å². The summed E-state index contributed by atoms with van der Waals surface area (Å²) in [6.45, 7) is 0.831. The summed E-state index contributed by atoms with van der Waals surface area (Å²) in [5.41, 5.74) is 0.468. The molecule has 5 nitrogen and oxygen atoms in total. The second-order valence-electron chi connectivity index (χ2n) is 3.73. The third-order valence-electron chi connectivity index (χ3n) is 2.24. The van der Waals surface area contributed by atoms with Gasteiger partial charge in [0.15, 0.2) is 0 Å². The number of phenols is 1. The molecule has 0 aliphatic heterocycles. The lowest BCUT2D eigenvalue weighted by atomic mass is 10.1. The van der Waals surface area contributed by atoms with E-state index in [1.165, 1.54) is 18.2 Å². The van der Waals surface area contributed by atoms with Crippen LogP contribution in [0.2, 0.25) is 0 Å². The van der Waals surface area contributed by atoms with E-state index in [2.05, 4.69) is 35.9 Å². The number of carbonyl (C=O) groups excluding carboxylic acids is 2. The number of thiol groups is 2. The molecule has 2 amide bonds. The molecule has 1 aromatic rings. The summed E-state index contributed by atoms with van der Waals surface area (Å²) in [5.74, 6) is 0.190. The van der Waals surface area contributed by atoms with Crippen molar-refractivity contribution < 1.29 is 14.7 Å². The first-order chi connectivity index (χ1) is 9.08. The summed E-state index contributed by atoms with van der Waals surface area (Å²) in [4.78, 5) is 23.5. The monoisotopic (exact) mass is 300 g/mol. The minimum absolute atomic E-state index is 0.130. The number of nitrogens with one attached hydrogen (secondary N) is 2. The van der Waals surface area contributed by atoms with Gasteiger partial charge in [0.1, 0.15) is 5.75 Å². The zero-order valence-electron chi connectivity index (χ0n) is 10.2. The summed E-state index contributed by atoms with van der Waals surface area (Å²) < 4.78 is 0. The maximum atomic E-state index is 11.7. The zero-order valence-corrected chi connectivity index (χ0v) is 12.0. The van der Waals surface area contributed by atoms with Gasteiger partial charge in [-0.2, -0.15) is 25.3 Å². The Balaban J connectivity index is 2.87. The fraction of sp³-hybridized carbons (Fsp3) is 0.333. The van der Waals surface area contributed by atoms with Crippen LogP contribution in [0.5, 0.6) is 5.75 Å². The highest BCUT2D eigenvalue weighted by atomic mass is 32.1. The average Bonchev–Trinajstić information content (AvgIpc) is 2.41. The molecule has 1 rings (SSSR count). The second-order valence-corrected chi connectivity index (χ2v) is 4.62. The quantitative estimate of drug-likeness (QED) is 0.502. The molecule has 0 aliphatic rings. The van der Waals surface area contributed by atoms with Gasteiger partial charge in [-0.15, -0.1) is 0 Å². The van der Waals surface area contributed by atoms with Gasteiger partial charge in [-0.05, 0) is 18.2 Å². The van der Waals surface area contributed by atoms with E-state index in [0.29, 0.717) is 24.6 Å². The second kappa shape index (κ2) is 7.96. The van der Waals surface area contributed by atoms with E-state index in [1.54, 1.807) is 0 Å². The molecule has 0 saturated carbocycles. The maximum absolute atomic E-state index is 11.7. The first kappa shape index (κ1) is 15.7. The molecule has 0 saturated heterocycles. The Morgan fingerprint density at radius 2 is 1.37 bits per heavy atom. The molecule has 0 bridgehead atoms. The fourth-order valence-corrected chi connectivity index (χ4v) is 1.64. The van der Waals surface area contributed by atoms with Gasteiger partial charge in [-0.25, -0.2) is 0 Å². The molecule has 104 valence electrons. The standard InChI is InChI=1S/C12H16N2O3S2/c15-10-6-8(11(16)13-1-3-18)5-9(7-10)12(17)14-2-4-19/h5-7,15,18-19H,1-4H2,(H,13,16)(H,14,17). The lowest BCUT2D eigenvalue weighted by Crippen LogP contribution is -2.27. The average molecular weight is 300 g/mol. The molecule has 7 heteroatoms. The first-order valence-corrected chi connectivity index (χ1v) is 6.97. The largest absolute Gasteiger partial charge is 0.508 e. The highest BCUT2D eigenvalue weighted by Gasteiger charge is 2.12. The van der Waals surface area contributed by atoms with Crippen molar-refractivity contribution in [3.63, 3.8) is 0 Å². The number of hydrogen-bond donors (Lipinski definition) is 5. The van der Waals surface area contributed by atoms with E-state index in [9.17, 15) is 14.7 Å². The van der Waals surface area contributed by atoms with E-state index in [-0.39, 0.29) is 28.7 Å². The van der Waals surface area contributed by atoms with E-state index in [1.807, 2.05) is 0 Å². The Kier molecular flexibility index (Phi) is 6.58.